The molecular formula is C15H21NO6. The zero-order chi connectivity index (χ0) is 16.1. The monoisotopic (exact) mass is 311 g/mol. The molecule has 1 aliphatic rings. The van der Waals surface area contributed by atoms with E-state index in [9.17, 15) is 20.1 Å². The second-order valence-corrected chi connectivity index (χ2v) is 5.19. The predicted octanol–water partition coefficient (Wildman–Crippen LogP) is -0.645. The van der Waals surface area contributed by atoms with Crippen molar-refractivity contribution in [1.82, 2.24) is 5.32 Å². The smallest absolute Gasteiger partial charge is 0.257 e. The van der Waals surface area contributed by atoms with Crippen LogP contribution in [0, 0.1) is 0 Å². The minimum absolute atomic E-state index is 0.115. The van der Waals surface area contributed by atoms with Crippen LogP contribution in [0.2, 0.25) is 0 Å². The molecule has 0 spiro atoms. The van der Waals surface area contributed by atoms with Gasteiger partial charge in [-0.05, 0) is 17.7 Å². The van der Waals surface area contributed by atoms with E-state index in [2.05, 4.69) is 5.32 Å². The Morgan fingerprint density at radius 1 is 1.45 bits per heavy atom. The molecule has 1 aromatic rings. The second kappa shape index (κ2) is 7.55. The Kier molecular flexibility index (Phi) is 5.73. The van der Waals surface area contributed by atoms with E-state index in [1.807, 2.05) is 0 Å². The highest BCUT2D eigenvalue weighted by molar-refractivity contribution is 5.77. The van der Waals surface area contributed by atoms with Crippen LogP contribution in [-0.2, 0) is 9.53 Å². The summed E-state index contributed by atoms with van der Waals surface area (Å²) >= 11 is 0. The summed E-state index contributed by atoms with van der Waals surface area (Å²) in [5, 5.41) is 31.6. The largest absolute Gasteiger partial charge is 0.484 e. The molecule has 1 aromatic carbocycles. The first-order chi connectivity index (χ1) is 10.5. The number of ether oxygens (including phenoxy) is 2. The number of benzene rings is 1. The van der Waals surface area contributed by atoms with Crippen molar-refractivity contribution in [3.05, 3.63) is 29.8 Å². The van der Waals surface area contributed by atoms with Crippen molar-refractivity contribution in [3.63, 3.8) is 0 Å². The van der Waals surface area contributed by atoms with Crippen molar-refractivity contribution in [2.75, 3.05) is 20.3 Å². The number of aliphatic hydroxyl groups is 3. The lowest BCUT2D eigenvalue weighted by Crippen LogP contribution is -2.44. The van der Waals surface area contributed by atoms with Gasteiger partial charge in [0.1, 0.15) is 18.0 Å². The van der Waals surface area contributed by atoms with Gasteiger partial charge in [0.25, 0.3) is 5.91 Å². The van der Waals surface area contributed by atoms with Crippen molar-refractivity contribution in [2.45, 2.75) is 30.8 Å². The predicted molar refractivity (Wildman–Crippen MR) is 77.3 cm³/mol. The summed E-state index contributed by atoms with van der Waals surface area (Å²) < 4.78 is 11.0. The molecule has 1 amide bonds. The molecule has 0 aliphatic carbocycles. The van der Waals surface area contributed by atoms with Crippen LogP contribution in [0.4, 0.5) is 0 Å². The van der Waals surface area contributed by atoms with E-state index in [0.717, 1.165) is 0 Å². The summed E-state index contributed by atoms with van der Waals surface area (Å²) in [6.07, 6.45) is -3.16. The molecule has 122 valence electrons. The molecule has 7 heteroatoms. The maximum atomic E-state index is 11.2. The topological polar surface area (TPSA) is 108 Å². The summed E-state index contributed by atoms with van der Waals surface area (Å²) in [7, 11) is 1.52. The van der Waals surface area contributed by atoms with Gasteiger partial charge in [-0.1, -0.05) is 12.1 Å². The Balaban J connectivity index is 2.11. The highest BCUT2D eigenvalue weighted by Gasteiger charge is 2.37. The van der Waals surface area contributed by atoms with Gasteiger partial charge >= 0.3 is 0 Å². The Labute approximate surface area is 128 Å². The fourth-order valence-electron chi connectivity index (χ4n) is 2.35. The molecule has 1 heterocycles. The number of aliphatic hydroxyl groups excluding tert-OH is 3. The average Bonchev–Trinajstić information content (AvgIpc) is 2.55. The maximum absolute atomic E-state index is 11.2. The highest BCUT2D eigenvalue weighted by atomic mass is 16.5. The van der Waals surface area contributed by atoms with Gasteiger partial charge in [-0.25, -0.2) is 0 Å². The number of nitrogens with one attached hydrogen (secondary N) is 1. The number of rotatable bonds is 5. The van der Waals surface area contributed by atoms with Crippen LogP contribution in [0.5, 0.6) is 5.75 Å². The molecule has 0 saturated carbocycles. The van der Waals surface area contributed by atoms with Crippen LogP contribution in [0.3, 0.4) is 0 Å². The van der Waals surface area contributed by atoms with Crippen molar-refractivity contribution in [3.8, 4) is 5.75 Å². The molecule has 1 saturated heterocycles. The van der Waals surface area contributed by atoms with E-state index in [4.69, 9.17) is 9.47 Å². The number of likely N-dealkylation sites (N-methyl/N-ethyl adjacent to an activating group) is 1. The fraction of sp³-hybridized carbons (Fsp3) is 0.533. The fourth-order valence-corrected chi connectivity index (χ4v) is 2.35. The van der Waals surface area contributed by atoms with E-state index in [0.29, 0.717) is 11.3 Å². The maximum Gasteiger partial charge on any atom is 0.257 e. The Bertz CT molecular complexity index is 509. The van der Waals surface area contributed by atoms with Crippen LogP contribution >= 0.6 is 0 Å². The SMILES string of the molecule is CNC(=O)COc1cccc(C2O[C@H](CO)C[C@H](O)[C@@H]2O)c1. The van der Waals surface area contributed by atoms with Crippen LogP contribution < -0.4 is 10.1 Å². The van der Waals surface area contributed by atoms with Gasteiger partial charge in [-0.2, -0.15) is 0 Å². The van der Waals surface area contributed by atoms with E-state index >= 15 is 0 Å². The molecule has 22 heavy (non-hydrogen) atoms. The number of hydrogen-bond acceptors (Lipinski definition) is 6. The van der Waals surface area contributed by atoms with Gasteiger partial charge in [0.2, 0.25) is 0 Å². The van der Waals surface area contributed by atoms with Gasteiger partial charge in [0, 0.05) is 13.5 Å². The van der Waals surface area contributed by atoms with Gasteiger partial charge in [0.15, 0.2) is 6.61 Å². The Morgan fingerprint density at radius 3 is 2.91 bits per heavy atom. The lowest BCUT2D eigenvalue weighted by atomic mass is 9.93. The Morgan fingerprint density at radius 2 is 2.23 bits per heavy atom. The van der Waals surface area contributed by atoms with Crippen molar-refractivity contribution in [2.24, 2.45) is 0 Å². The summed E-state index contributed by atoms with van der Waals surface area (Å²) in [4.78, 5) is 11.2. The van der Waals surface area contributed by atoms with Crippen LogP contribution in [0.15, 0.2) is 24.3 Å². The molecule has 4 atom stereocenters. The minimum Gasteiger partial charge on any atom is -0.484 e. The summed E-state index contributed by atoms with van der Waals surface area (Å²) in [5.41, 5.74) is 0.610. The zero-order valence-corrected chi connectivity index (χ0v) is 12.3. The highest BCUT2D eigenvalue weighted by Crippen LogP contribution is 2.33. The third kappa shape index (κ3) is 3.95. The van der Waals surface area contributed by atoms with Gasteiger partial charge < -0.3 is 30.1 Å². The van der Waals surface area contributed by atoms with Gasteiger partial charge in [-0.3, -0.25) is 4.79 Å². The molecule has 1 fully saturated rings. The van der Waals surface area contributed by atoms with Gasteiger partial charge in [0.05, 0.1) is 18.8 Å². The van der Waals surface area contributed by atoms with Crippen LogP contribution in [0.25, 0.3) is 0 Å². The normalized spacial score (nSPS) is 28.2. The van der Waals surface area contributed by atoms with Crippen molar-refractivity contribution < 1.29 is 29.6 Å². The van der Waals surface area contributed by atoms with E-state index in [-0.39, 0.29) is 25.5 Å². The number of carbonyl (C=O) groups excluding carboxylic acids is 1. The molecule has 1 unspecified atom stereocenters. The molecule has 1 aliphatic heterocycles. The molecule has 0 bridgehead atoms. The molecule has 2 rings (SSSR count). The first-order valence-corrected chi connectivity index (χ1v) is 7.11. The minimum atomic E-state index is -1.09. The molecule has 0 radical (unpaired) electrons. The first kappa shape index (κ1) is 16.7. The second-order valence-electron chi connectivity index (χ2n) is 5.19. The number of amides is 1. The Hall–Kier alpha value is -1.67. The molecular weight excluding hydrogens is 290 g/mol. The zero-order valence-electron chi connectivity index (χ0n) is 12.3. The summed E-state index contributed by atoms with van der Waals surface area (Å²) in [6, 6.07) is 6.76. The van der Waals surface area contributed by atoms with Crippen LogP contribution in [0.1, 0.15) is 18.1 Å². The number of carbonyl (C=O) groups is 1. The molecule has 0 aromatic heterocycles. The average molecular weight is 311 g/mol. The van der Waals surface area contributed by atoms with E-state index in [1.165, 1.54) is 7.05 Å². The quantitative estimate of drug-likeness (QED) is 0.576. The number of hydrogen-bond donors (Lipinski definition) is 4. The third-order valence-corrected chi connectivity index (χ3v) is 3.59. The molecule has 7 nitrogen and oxygen atoms in total. The van der Waals surface area contributed by atoms with Crippen molar-refractivity contribution in [1.29, 1.82) is 0 Å². The van der Waals surface area contributed by atoms with E-state index in [1.54, 1.807) is 24.3 Å². The third-order valence-electron chi connectivity index (χ3n) is 3.59. The summed E-state index contributed by atoms with van der Waals surface area (Å²) in [5.74, 6) is 0.202. The lowest BCUT2D eigenvalue weighted by molar-refractivity contribution is -0.179. The lowest BCUT2D eigenvalue weighted by Gasteiger charge is -2.36. The van der Waals surface area contributed by atoms with Crippen molar-refractivity contribution >= 4 is 5.91 Å². The van der Waals surface area contributed by atoms with E-state index < -0.39 is 24.4 Å². The summed E-state index contributed by atoms with van der Waals surface area (Å²) in [6.45, 7) is -0.344. The molecule has 4 N–H and O–H groups in total. The van der Waals surface area contributed by atoms with Crippen LogP contribution in [-0.4, -0.2) is 59.8 Å². The first-order valence-electron chi connectivity index (χ1n) is 7.11. The standard InChI is InChI=1S/C15H21NO6/c1-16-13(19)8-21-10-4-2-3-9(5-10)15-14(20)12(18)6-11(7-17)22-15/h2-5,11-12,14-15,17-18,20H,6-8H2,1H3,(H,16,19)/t11-,12-,14-,15?/m0/s1. The van der Waals surface area contributed by atoms with Gasteiger partial charge in [-0.15, -0.1) is 0 Å².